The Bertz CT molecular complexity index is 1630. The fourth-order valence-corrected chi connectivity index (χ4v) is 8.12. The van der Waals surface area contributed by atoms with E-state index in [2.05, 4.69) is 0 Å². The fourth-order valence-electron chi connectivity index (χ4n) is 7.10. The summed E-state index contributed by atoms with van der Waals surface area (Å²) in [6.45, 7) is 1.98. The van der Waals surface area contributed by atoms with Crippen LogP contribution >= 0.6 is 23.2 Å². The Labute approximate surface area is 249 Å². The molecule has 6 atom stereocenters. The molecule has 42 heavy (non-hydrogen) atoms. The SMILES string of the molecule is CCOc1cc(C2C3=CCC4C(=O)N(c5cccc([N+](=O)[O-])c5)C(=O)C4C3CC3(Cl)C(=O)N(C)C(=O)C23Cl)ccc1O. The van der Waals surface area contributed by atoms with E-state index >= 15 is 0 Å². The molecule has 6 unspecified atom stereocenters. The lowest BCUT2D eigenvalue weighted by atomic mass is 9.56. The zero-order valence-electron chi connectivity index (χ0n) is 22.5. The summed E-state index contributed by atoms with van der Waals surface area (Å²) >= 11 is 14.3. The summed E-state index contributed by atoms with van der Waals surface area (Å²) in [7, 11) is 1.30. The molecule has 11 nitrogen and oxygen atoms in total. The van der Waals surface area contributed by atoms with Crippen LogP contribution in [0.15, 0.2) is 54.1 Å². The van der Waals surface area contributed by atoms with Gasteiger partial charge in [-0.25, -0.2) is 4.90 Å². The van der Waals surface area contributed by atoms with Crippen LogP contribution in [0, 0.1) is 27.9 Å². The van der Waals surface area contributed by atoms with Gasteiger partial charge in [-0.1, -0.05) is 23.8 Å². The number of phenolic OH excluding ortho intramolecular Hbond substituents is 1. The molecule has 2 heterocycles. The Morgan fingerprint density at radius 2 is 1.81 bits per heavy atom. The number of hydrogen-bond donors (Lipinski definition) is 1. The highest BCUT2D eigenvalue weighted by molar-refractivity contribution is 6.53. The van der Waals surface area contributed by atoms with Gasteiger partial charge in [-0.15, -0.1) is 23.2 Å². The number of aromatic hydroxyl groups is 1. The van der Waals surface area contributed by atoms with Crippen LogP contribution in [0.1, 0.15) is 31.2 Å². The molecular formula is C29H25Cl2N3O8. The molecular weight excluding hydrogens is 589 g/mol. The normalized spacial score (nSPS) is 32.0. The molecule has 1 saturated carbocycles. The van der Waals surface area contributed by atoms with E-state index < -0.39 is 62.0 Å². The first kappa shape index (κ1) is 28.2. The second kappa shape index (κ2) is 9.53. The quantitative estimate of drug-likeness (QED) is 0.176. The number of fused-ring (bicyclic) bond motifs is 4. The van der Waals surface area contributed by atoms with Crippen LogP contribution in [0.2, 0.25) is 0 Å². The number of likely N-dealkylation sites (tertiary alicyclic amines) is 1. The van der Waals surface area contributed by atoms with E-state index in [1.54, 1.807) is 19.1 Å². The van der Waals surface area contributed by atoms with Crippen molar-refractivity contribution in [3.8, 4) is 11.5 Å². The lowest BCUT2D eigenvalue weighted by molar-refractivity contribution is -0.384. The lowest BCUT2D eigenvalue weighted by Gasteiger charge is -2.50. The van der Waals surface area contributed by atoms with Gasteiger partial charge in [-0.05, 0) is 49.4 Å². The van der Waals surface area contributed by atoms with Crippen molar-refractivity contribution in [2.24, 2.45) is 17.8 Å². The Morgan fingerprint density at radius 1 is 1.07 bits per heavy atom. The summed E-state index contributed by atoms with van der Waals surface area (Å²) in [6.07, 6.45) is 1.73. The number of benzene rings is 2. The molecule has 6 rings (SSSR count). The molecule has 3 fully saturated rings. The lowest BCUT2D eigenvalue weighted by Crippen LogP contribution is -2.60. The average molecular weight is 614 g/mol. The third-order valence-corrected chi connectivity index (χ3v) is 10.3. The van der Waals surface area contributed by atoms with E-state index in [9.17, 15) is 34.4 Å². The number of rotatable bonds is 5. The molecule has 4 aliphatic rings. The van der Waals surface area contributed by atoms with E-state index in [4.69, 9.17) is 27.9 Å². The van der Waals surface area contributed by atoms with Crippen molar-refractivity contribution in [3.05, 3.63) is 69.8 Å². The topological polar surface area (TPSA) is 147 Å². The van der Waals surface area contributed by atoms with Crippen molar-refractivity contribution in [2.45, 2.75) is 35.4 Å². The van der Waals surface area contributed by atoms with E-state index in [1.165, 1.54) is 37.4 Å². The van der Waals surface area contributed by atoms with Crippen LogP contribution in [0.25, 0.3) is 0 Å². The first-order valence-corrected chi connectivity index (χ1v) is 14.1. The number of alkyl halides is 2. The maximum atomic E-state index is 14.0. The van der Waals surface area contributed by atoms with Crippen LogP contribution in [0.4, 0.5) is 11.4 Å². The molecule has 13 heteroatoms. The number of phenols is 1. The minimum atomic E-state index is -1.97. The van der Waals surface area contributed by atoms with E-state index in [0.29, 0.717) is 11.1 Å². The fraction of sp³-hybridized carbons (Fsp3) is 0.379. The number of anilines is 1. The Hall–Kier alpha value is -3.96. The number of non-ortho nitro benzene ring substituents is 1. The second-order valence-electron chi connectivity index (χ2n) is 10.9. The van der Waals surface area contributed by atoms with Gasteiger partial charge in [0.15, 0.2) is 21.2 Å². The molecule has 2 aromatic carbocycles. The maximum Gasteiger partial charge on any atom is 0.271 e. The zero-order valence-corrected chi connectivity index (χ0v) is 24.0. The molecule has 2 aromatic rings. The number of carbonyl (C=O) groups excluding carboxylic acids is 4. The van der Waals surface area contributed by atoms with Gasteiger partial charge in [0, 0.05) is 25.1 Å². The number of hydrogen-bond acceptors (Lipinski definition) is 8. The van der Waals surface area contributed by atoms with Gasteiger partial charge >= 0.3 is 0 Å². The summed E-state index contributed by atoms with van der Waals surface area (Å²) in [5, 5.41) is 21.7. The summed E-state index contributed by atoms with van der Waals surface area (Å²) in [6, 6.07) is 9.76. The summed E-state index contributed by atoms with van der Waals surface area (Å²) in [4.78, 5) is 63.6. The maximum absolute atomic E-state index is 14.0. The van der Waals surface area contributed by atoms with Crippen LogP contribution in [-0.4, -0.2) is 62.0 Å². The van der Waals surface area contributed by atoms with Gasteiger partial charge in [0.05, 0.1) is 29.1 Å². The highest BCUT2D eigenvalue weighted by Gasteiger charge is 2.75. The smallest absolute Gasteiger partial charge is 0.271 e. The monoisotopic (exact) mass is 613 g/mol. The Kier molecular flexibility index (Phi) is 6.39. The van der Waals surface area contributed by atoms with E-state index in [1.807, 2.05) is 0 Å². The van der Waals surface area contributed by atoms with E-state index in [-0.39, 0.29) is 42.3 Å². The van der Waals surface area contributed by atoms with Crippen molar-refractivity contribution < 1.29 is 33.9 Å². The minimum absolute atomic E-state index is 0.0709. The number of carbonyl (C=O) groups is 4. The van der Waals surface area contributed by atoms with Gasteiger partial charge in [0.25, 0.3) is 17.5 Å². The highest BCUT2D eigenvalue weighted by Crippen LogP contribution is 2.65. The standard InChI is InChI=1S/C29H25Cl2N3O8/c1-3-42-21-11-14(7-10-20(21)35)23-17-8-9-18-22(19(17)13-28(30)26(38)32(2)27(39)29(23,28)31)25(37)33(24(18)36)15-5-4-6-16(12-15)34(40)41/h4-8,10-12,18-19,22-23,35H,3,9,13H2,1-2H3. The van der Waals surface area contributed by atoms with Crippen molar-refractivity contribution >= 4 is 58.2 Å². The molecule has 0 bridgehead atoms. The molecule has 2 saturated heterocycles. The first-order chi connectivity index (χ1) is 19.9. The number of ether oxygens (including phenoxy) is 1. The number of imide groups is 2. The zero-order chi connectivity index (χ0) is 30.3. The molecule has 4 amide bonds. The Morgan fingerprint density at radius 3 is 2.50 bits per heavy atom. The number of nitro groups is 1. The second-order valence-corrected chi connectivity index (χ2v) is 12.2. The minimum Gasteiger partial charge on any atom is -0.504 e. The molecule has 218 valence electrons. The number of nitrogens with zero attached hydrogens (tertiary/aromatic N) is 3. The summed E-state index contributed by atoms with van der Waals surface area (Å²) in [5.41, 5.74) is 0.812. The molecule has 0 spiro atoms. The summed E-state index contributed by atoms with van der Waals surface area (Å²) < 4.78 is 5.57. The Balaban J connectivity index is 1.50. The van der Waals surface area contributed by atoms with Crippen LogP contribution in [0.3, 0.4) is 0 Å². The van der Waals surface area contributed by atoms with Gasteiger partial charge < -0.3 is 9.84 Å². The molecule has 2 aliphatic heterocycles. The van der Waals surface area contributed by atoms with Crippen molar-refractivity contribution in [3.63, 3.8) is 0 Å². The van der Waals surface area contributed by atoms with Crippen molar-refractivity contribution in [2.75, 3.05) is 18.6 Å². The number of halogens is 2. The van der Waals surface area contributed by atoms with Crippen LogP contribution in [0.5, 0.6) is 11.5 Å². The largest absolute Gasteiger partial charge is 0.504 e. The highest BCUT2D eigenvalue weighted by atomic mass is 35.5. The third kappa shape index (κ3) is 3.59. The molecule has 0 aromatic heterocycles. The molecule has 1 N–H and O–H groups in total. The predicted octanol–water partition coefficient (Wildman–Crippen LogP) is 3.89. The molecule has 0 radical (unpaired) electrons. The van der Waals surface area contributed by atoms with Crippen molar-refractivity contribution in [1.82, 2.24) is 4.90 Å². The van der Waals surface area contributed by atoms with Crippen molar-refractivity contribution in [1.29, 1.82) is 0 Å². The number of nitro benzene ring substituents is 1. The van der Waals surface area contributed by atoms with Crippen LogP contribution < -0.4 is 9.64 Å². The van der Waals surface area contributed by atoms with Gasteiger partial charge in [-0.3, -0.25) is 34.2 Å². The van der Waals surface area contributed by atoms with Gasteiger partial charge in [-0.2, -0.15) is 0 Å². The molecule has 2 aliphatic carbocycles. The predicted molar refractivity (Wildman–Crippen MR) is 150 cm³/mol. The first-order valence-electron chi connectivity index (χ1n) is 13.3. The summed E-state index contributed by atoms with van der Waals surface area (Å²) in [5.74, 6) is -6.03. The van der Waals surface area contributed by atoms with Gasteiger partial charge in [0.2, 0.25) is 11.8 Å². The number of allylic oxidation sites excluding steroid dienone is 2. The number of amides is 4. The third-order valence-electron chi connectivity index (χ3n) is 8.93. The van der Waals surface area contributed by atoms with E-state index in [0.717, 1.165) is 15.9 Å². The van der Waals surface area contributed by atoms with Gasteiger partial charge in [0.1, 0.15) is 0 Å². The van der Waals surface area contributed by atoms with Crippen LogP contribution in [-0.2, 0) is 19.2 Å². The average Bonchev–Trinajstić information content (AvgIpc) is 3.29.